The molecule has 0 aliphatic carbocycles. The summed E-state index contributed by atoms with van der Waals surface area (Å²) in [4.78, 5) is 21.0. The van der Waals surface area contributed by atoms with Gasteiger partial charge in [-0.1, -0.05) is 17.7 Å². The van der Waals surface area contributed by atoms with Crippen LogP contribution in [-0.4, -0.2) is 15.8 Å². The van der Waals surface area contributed by atoms with Crippen molar-refractivity contribution < 1.29 is 4.79 Å². The van der Waals surface area contributed by atoms with Crippen molar-refractivity contribution in [2.45, 2.75) is 0 Å². The van der Waals surface area contributed by atoms with Crippen LogP contribution in [0, 0.1) is 11.3 Å². The van der Waals surface area contributed by atoms with Gasteiger partial charge in [-0.3, -0.25) is 9.78 Å². The van der Waals surface area contributed by atoms with Crippen molar-refractivity contribution in [3.63, 3.8) is 0 Å². The summed E-state index contributed by atoms with van der Waals surface area (Å²) in [7, 11) is 0. The molecule has 2 aromatic heterocycles. The second kappa shape index (κ2) is 7.18. The van der Waals surface area contributed by atoms with Crippen LogP contribution in [0.4, 0.5) is 0 Å². The number of nitrogens with zero attached hydrogens (tertiary/aromatic N) is 3. The van der Waals surface area contributed by atoms with E-state index in [-0.39, 0.29) is 11.4 Å². The van der Waals surface area contributed by atoms with Gasteiger partial charge in [0, 0.05) is 22.2 Å². The SMILES string of the molecule is N#C/C(=C/c1csc(-c2ccccn2)n1)C(=O)c1ccc(Cl)cc1. The number of carbonyl (C=O) groups excluding carboxylic acids is 1. The molecule has 1 aromatic carbocycles. The third kappa shape index (κ3) is 3.57. The number of Topliss-reactive ketones (excluding diaryl/α,β-unsaturated/α-hetero) is 1. The number of carbonyl (C=O) groups is 1. The highest BCUT2D eigenvalue weighted by Gasteiger charge is 2.13. The summed E-state index contributed by atoms with van der Waals surface area (Å²) in [6.07, 6.45) is 3.18. The molecule has 0 radical (unpaired) electrons. The average molecular weight is 352 g/mol. The van der Waals surface area contributed by atoms with Gasteiger partial charge in [-0.2, -0.15) is 5.26 Å². The van der Waals surface area contributed by atoms with Gasteiger partial charge in [-0.15, -0.1) is 11.3 Å². The van der Waals surface area contributed by atoms with Gasteiger partial charge < -0.3 is 0 Å². The van der Waals surface area contributed by atoms with E-state index < -0.39 is 0 Å². The molecule has 24 heavy (non-hydrogen) atoms. The first-order valence-electron chi connectivity index (χ1n) is 6.96. The van der Waals surface area contributed by atoms with E-state index in [0.717, 1.165) is 10.7 Å². The van der Waals surface area contributed by atoms with Crippen LogP contribution >= 0.6 is 22.9 Å². The number of ketones is 1. The van der Waals surface area contributed by atoms with Crippen LogP contribution < -0.4 is 0 Å². The number of hydrogen-bond donors (Lipinski definition) is 0. The molecule has 0 saturated carbocycles. The Morgan fingerprint density at radius 1 is 1.21 bits per heavy atom. The summed E-state index contributed by atoms with van der Waals surface area (Å²) in [6.45, 7) is 0. The highest BCUT2D eigenvalue weighted by Crippen LogP contribution is 2.23. The molecule has 2 heterocycles. The zero-order valence-corrected chi connectivity index (χ0v) is 13.9. The molecule has 0 N–H and O–H groups in total. The van der Waals surface area contributed by atoms with E-state index >= 15 is 0 Å². The monoisotopic (exact) mass is 351 g/mol. The Kier molecular flexibility index (Phi) is 4.80. The molecule has 0 aliphatic heterocycles. The lowest BCUT2D eigenvalue weighted by Crippen LogP contribution is -2.01. The quantitative estimate of drug-likeness (QED) is 0.390. The predicted molar refractivity (Wildman–Crippen MR) is 94.7 cm³/mol. The van der Waals surface area contributed by atoms with Gasteiger partial charge in [0.1, 0.15) is 16.6 Å². The van der Waals surface area contributed by atoms with E-state index in [2.05, 4.69) is 9.97 Å². The van der Waals surface area contributed by atoms with Crippen LogP contribution in [0.15, 0.2) is 59.6 Å². The van der Waals surface area contributed by atoms with Crippen LogP contribution in [0.25, 0.3) is 16.8 Å². The Morgan fingerprint density at radius 2 is 2.00 bits per heavy atom. The highest BCUT2D eigenvalue weighted by atomic mass is 35.5. The predicted octanol–water partition coefficient (Wildman–Crippen LogP) is 4.65. The van der Waals surface area contributed by atoms with Crippen molar-refractivity contribution in [3.05, 3.63) is 75.9 Å². The number of thiazole rings is 1. The number of hydrogen-bond acceptors (Lipinski definition) is 5. The first-order valence-corrected chi connectivity index (χ1v) is 8.22. The molecular formula is C18H10ClN3OS. The summed E-state index contributed by atoms with van der Waals surface area (Å²) < 4.78 is 0. The fourth-order valence-corrected chi connectivity index (χ4v) is 2.89. The zero-order valence-electron chi connectivity index (χ0n) is 12.3. The number of nitriles is 1. The summed E-state index contributed by atoms with van der Waals surface area (Å²) in [5.41, 5.74) is 1.74. The lowest BCUT2D eigenvalue weighted by Gasteiger charge is -1.99. The van der Waals surface area contributed by atoms with Gasteiger partial charge in [-0.05, 0) is 42.5 Å². The highest BCUT2D eigenvalue weighted by molar-refractivity contribution is 7.13. The van der Waals surface area contributed by atoms with E-state index in [1.54, 1.807) is 35.8 Å². The largest absolute Gasteiger partial charge is 0.288 e. The lowest BCUT2D eigenvalue weighted by molar-refractivity contribution is 0.104. The Balaban J connectivity index is 1.89. The van der Waals surface area contributed by atoms with Gasteiger partial charge in [0.15, 0.2) is 0 Å². The fraction of sp³-hybridized carbons (Fsp3) is 0. The average Bonchev–Trinajstić information content (AvgIpc) is 3.09. The second-order valence-electron chi connectivity index (χ2n) is 4.80. The Bertz CT molecular complexity index is 940. The maximum absolute atomic E-state index is 12.4. The maximum atomic E-state index is 12.4. The molecule has 3 rings (SSSR count). The van der Waals surface area contributed by atoms with E-state index in [1.165, 1.54) is 17.4 Å². The number of aromatic nitrogens is 2. The summed E-state index contributed by atoms with van der Waals surface area (Å²) in [5.74, 6) is -0.360. The van der Waals surface area contributed by atoms with E-state index in [9.17, 15) is 10.1 Å². The number of rotatable bonds is 4. The Hall–Kier alpha value is -2.81. The van der Waals surface area contributed by atoms with Crippen LogP contribution in [0.5, 0.6) is 0 Å². The van der Waals surface area contributed by atoms with Gasteiger partial charge in [0.25, 0.3) is 0 Å². The van der Waals surface area contributed by atoms with E-state index in [0.29, 0.717) is 16.3 Å². The van der Waals surface area contributed by atoms with Gasteiger partial charge in [-0.25, -0.2) is 4.98 Å². The molecule has 0 amide bonds. The van der Waals surface area contributed by atoms with Crippen LogP contribution in [0.2, 0.25) is 5.02 Å². The van der Waals surface area contributed by atoms with Crippen molar-refractivity contribution in [1.29, 1.82) is 5.26 Å². The molecule has 116 valence electrons. The molecule has 3 aromatic rings. The normalized spacial score (nSPS) is 11.1. The smallest absolute Gasteiger partial charge is 0.203 e. The minimum atomic E-state index is -0.360. The zero-order chi connectivity index (χ0) is 16.9. The molecule has 6 heteroatoms. The topological polar surface area (TPSA) is 66.6 Å². The minimum Gasteiger partial charge on any atom is -0.288 e. The number of benzene rings is 1. The first-order chi connectivity index (χ1) is 11.7. The van der Waals surface area contributed by atoms with Crippen LogP contribution in [-0.2, 0) is 0 Å². The molecule has 4 nitrogen and oxygen atoms in total. The Morgan fingerprint density at radius 3 is 2.67 bits per heavy atom. The summed E-state index contributed by atoms with van der Waals surface area (Å²) >= 11 is 7.22. The number of halogens is 1. The van der Waals surface area contributed by atoms with Crippen molar-refractivity contribution in [3.8, 4) is 16.8 Å². The Labute approximate surface area is 147 Å². The molecule has 0 fully saturated rings. The van der Waals surface area contributed by atoms with Crippen molar-refractivity contribution in [1.82, 2.24) is 9.97 Å². The number of allylic oxidation sites excluding steroid dienone is 1. The molecule has 0 unspecified atom stereocenters. The third-order valence-corrected chi connectivity index (χ3v) is 4.30. The standard InChI is InChI=1S/C18H10ClN3OS/c19-14-6-4-12(5-7-14)17(23)13(10-20)9-15-11-24-18(22-15)16-3-1-2-8-21-16/h1-9,11H/b13-9-. The number of pyridine rings is 1. The maximum Gasteiger partial charge on any atom is 0.203 e. The molecule has 0 bridgehead atoms. The van der Waals surface area contributed by atoms with E-state index in [1.807, 2.05) is 24.3 Å². The molecule has 0 saturated heterocycles. The van der Waals surface area contributed by atoms with Gasteiger partial charge in [0.2, 0.25) is 5.78 Å². The van der Waals surface area contributed by atoms with Crippen molar-refractivity contribution in [2.75, 3.05) is 0 Å². The third-order valence-electron chi connectivity index (χ3n) is 3.17. The molecule has 0 atom stereocenters. The van der Waals surface area contributed by atoms with Crippen LogP contribution in [0.3, 0.4) is 0 Å². The summed E-state index contributed by atoms with van der Waals surface area (Å²) in [5, 5.41) is 12.4. The molecule has 0 aliphatic rings. The first kappa shape index (κ1) is 16.1. The van der Waals surface area contributed by atoms with Gasteiger partial charge in [0.05, 0.1) is 11.4 Å². The lowest BCUT2D eigenvalue weighted by atomic mass is 10.0. The molecule has 0 spiro atoms. The van der Waals surface area contributed by atoms with Crippen LogP contribution in [0.1, 0.15) is 16.1 Å². The summed E-state index contributed by atoms with van der Waals surface area (Å²) in [6, 6.07) is 13.9. The minimum absolute atomic E-state index is 0.0233. The van der Waals surface area contributed by atoms with Gasteiger partial charge >= 0.3 is 0 Å². The fourth-order valence-electron chi connectivity index (χ4n) is 2.01. The van der Waals surface area contributed by atoms with Crippen molar-refractivity contribution in [2.24, 2.45) is 0 Å². The molecular weight excluding hydrogens is 342 g/mol. The van der Waals surface area contributed by atoms with Crippen molar-refractivity contribution >= 4 is 34.8 Å². The van der Waals surface area contributed by atoms with E-state index in [4.69, 9.17) is 11.6 Å². The second-order valence-corrected chi connectivity index (χ2v) is 6.09.